The van der Waals surface area contributed by atoms with Crippen LogP contribution < -0.4 is 5.32 Å². The van der Waals surface area contributed by atoms with Gasteiger partial charge in [0.1, 0.15) is 0 Å². The predicted molar refractivity (Wildman–Crippen MR) is 76.4 cm³/mol. The summed E-state index contributed by atoms with van der Waals surface area (Å²) in [6.07, 6.45) is -6.68. The van der Waals surface area contributed by atoms with Crippen molar-refractivity contribution in [2.75, 3.05) is 6.54 Å². The second-order valence-corrected chi connectivity index (χ2v) is 5.87. The highest BCUT2D eigenvalue weighted by molar-refractivity contribution is 5.95. The van der Waals surface area contributed by atoms with Gasteiger partial charge >= 0.3 is 12.4 Å². The molecule has 5 nitrogen and oxygen atoms in total. The van der Waals surface area contributed by atoms with Crippen molar-refractivity contribution in [2.45, 2.75) is 25.2 Å². The Morgan fingerprint density at radius 1 is 1.12 bits per heavy atom. The molecule has 2 aromatic rings. The molecule has 0 saturated heterocycles. The molecular formula is C15H12F6N4O. The first-order valence-corrected chi connectivity index (χ1v) is 7.54. The fourth-order valence-corrected chi connectivity index (χ4v) is 2.29. The normalized spacial score (nSPS) is 15.2. The van der Waals surface area contributed by atoms with Crippen molar-refractivity contribution in [1.29, 1.82) is 0 Å². The standard InChI is InChI=1S/C15H12F6N4O/c16-14(17,18)9-3-4-11(22-6-9)25-12(15(19,20)21)10(7-24-25)13(26)23-5-8-1-2-8/h3-4,6-8H,1-2,5H2,(H,23,26). The number of rotatable bonds is 4. The maximum atomic E-state index is 13.4. The Kier molecular flexibility index (Phi) is 4.41. The summed E-state index contributed by atoms with van der Waals surface area (Å²) >= 11 is 0. The average molecular weight is 378 g/mol. The van der Waals surface area contributed by atoms with Crippen LogP contribution in [0.3, 0.4) is 0 Å². The number of hydrogen-bond acceptors (Lipinski definition) is 3. The number of nitrogens with zero attached hydrogens (tertiary/aromatic N) is 3. The van der Waals surface area contributed by atoms with Gasteiger partial charge in [0.15, 0.2) is 11.5 Å². The summed E-state index contributed by atoms with van der Waals surface area (Å²) in [6, 6.07) is 1.36. The summed E-state index contributed by atoms with van der Waals surface area (Å²) < 4.78 is 78.3. The number of carbonyl (C=O) groups is 1. The molecule has 1 aliphatic rings. The molecule has 0 spiro atoms. The highest BCUT2D eigenvalue weighted by Gasteiger charge is 2.41. The summed E-state index contributed by atoms with van der Waals surface area (Å²) in [7, 11) is 0. The van der Waals surface area contributed by atoms with E-state index in [4.69, 9.17) is 0 Å². The van der Waals surface area contributed by atoms with E-state index in [1.54, 1.807) is 0 Å². The molecule has 0 atom stereocenters. The van der Waals surface area contributed by atoms with Gasteiger partial charge < -0.3 is 5.32 Å². The third-order valence-electron chi connectivity index (χ3n) is 3.82. The number of alkyl halides is 6. The molecule has 0 aromatic carbocycles. The number of carbonyl (C=O) groups excluding carboxylic acids is 1. The quantitative estimate of drug-likeness (QED) is 0.830. The van der Waals surface area contributed by atoms with Crippen molar-refractivity contribution in [3.8, 4) is 5.82 Å². The molecule has 1 saturated carbocycles. The van der Waals surface area contributed by atoms with E-state index in [1.165, 1.54) is 0 Å². The van der Waals surface area contributed by atoms with Crippen LogP contribution in [-0.2, 0) is 12.4 Å². The molecule has 3 rings (SSSR count). The molecule has 0 bridgehead atoms. The van der Waals surface area contributed by atoms with Crippen LogP contribution in [0.5, 0.6) is 0 Å². The summed E-state index contributed by atoms with van der Waals surface area (Å²) in [5.74, 6) is -1.16. The van der Waals surface area contributed by atoms with E-state index in [-0.39, 0.29) is 12.5 Å². The second-order valence-electron chi connectivity index (χ2n) is 5.87. The van der Waals surface area contributed by atoms with Crippen LogP contribution in [-0.4, -0.2) is 27.2 Å². The van der Waals surface area contributed by atoms with Crippen molar-refractivity contribution in [2.24, 2.45) is 5.92 Å². The maximum absolute atomic E-state index is 13.4. The van der Waals surface area contributed by atoms with E-state index in [1.807, 2.05) is 0 Å². The van der Waals surface area contributed by atoms with Gasteiger partial charge in [-0.25, -0.2) is 9.67 Å². The SMILES string of the molecule is O=C(NCC1CC1)c1cnn(-c2ccc(C(F)(F)F)cn2)c1C(F)(F)F. The van der Waals surface area contributed by atoms with Gasteiger partial charge in [-0.3, -0.25) is 4.79 Å². The molecule has 1 fully saturated rings. The van der Waals surface area contributed by atoms with Crippen LogP contribution in [0.1, 0.15) is 34.5 Å². The van der Waals surface area contributed by atoms with E-state index in [9.17, 15) is 31.1 Å². The predicted octanol–water partition coefficient (Wildman–Crippen LogP) is 3.44. The lowest BCUT2D eigenvalue weighted by molar-refractivity contribution is -0.143. The Morgan fingerprint density at radius 3 is 2.31 bits per heavy atom. The fourth-order valence-electron chi connectivity index (χ4n) is 2.29. The number of hydrogen-bond donors (Lipinski definition) is 1. The minimum atomic E-state index is -4.95. The van der Waals surface area contributed by atoms with Gasteiger partial charge in [-0.05, 0) is 30.9 Å². The lowest BCUT2D eigenvalue weighted by Crippen LogP contribution is -2.28. The third-order valence-corrected chi connectivity index (χ3v) is 3.82. The number of amides is 1. The van der Waals surface area contributed by atoms with E-state index < -0.39 is 40.9 Å². The van der Waals surface area contributed by atoms with Crippen molar-refractivity contribution in [1.82, 2.24) is 20.1 Å². The first kappa shape index (κ1) is 18.2. The van der Waals surface area contributed by atoms with E-state index >= 15 is 0 Å². The first-order chi connectivity index (χ1) is 12.1. The molecule has 26 heavy (non-hydrogen) atoms. The summed E-state index contributed by atoms with van der Waals surface area (Å²) in [5, 5.41) is 5.91. The number of aromatic nitrogens is 3. The van der Waals surface area contributed by atoms with E-state index in [2.05, 4.69) is 15.4 Å². The Bertz CT molecular complexity index is 805. The van der Waals surface area contributed by atoms with Crippen molar-refractivity contribution in [3.63, 3.8) is 0 Å². The van der Waals surface area contributed by atoms with Gasteiger partial charge in [-0.1, -0.05) is 0 Å². The third kappa shape index (κ3) is 3.81. The first-order valence-electron chi connectivity index (χ1n) is 7.54. The van der Waals surface area contributed by atoms with Crippen LogP contribution in [0.2, 0.25) is 0 Å². The lowest BCUT2D eigenvalue weighted by Gasteiger charge is -2.13. The van der Waals surface area contributed by atoms with Crippen LogP contribution >= 0.6 is 0 Å². The van der Waals surface area contributed by atoms with Gasteiger partial charge in [-0.2, -0.15) is 31.4 Å². The Balaban J connectivity index is 1.95. The zero-order valence-electron chi connectivity index (χ0n) is 13.0. The van der Waals surface area contributed by atoms with Gasteiger partial charge in [0.2, 0.25) is 0 Å². The van der Waals surface area contributed by atoms with Crippen molar-refractivity contribution in [3.05, 3.63) is 41.3 Å². The fraction of sp³-hybridized carbons (Fsp3) is 0.400. The Morgan fingerprint density at radius 2 is 1.81 bits per heavy atom. The van der Waals surface area contributed by atoms with Crippen LogP contribution in [0.4, 0.5) is 26.3 Å². The Hall–Kier alpha value is -2.59. The monoisotopic (exact) mass is 378 g/mol. The summed E-state index contributed by atoms with van der Waals surface area (Å²) in [5.41, 5.74) is -3.21. The largest absolute Gasteiger partial charge is 0.434 e. The minimum Gasteiger partial charge on any atom is -0.352 e. The van der Waals surface area contributed by atoms with Crippen LogP contribution in [0.25, 0.3) is 5.82 Å². The highest BCUT2D eigenvalue weighted by atomic mass is 19.4. The van der Waals surface area contributed by atoms with E-state index in [0.717, 1.165) is 25.1 Å². The molecule has 1 N–H and O–H groups in total. The summed E-state index contributed by atoms with van der Waals surface area (Å²) in [6.45, 7) is 0.264. The topological polar surface area (TPSA) is 59.8 Å². The van der Waals surface area contributed by atoms with Crippen molar-refractivity contribution >= 4 is 5.91 Å². The van der Waals surface area contributed by atoms with E-state index in [0.29, 0.717) is 16.9 Å². The maximum Gasteiger partial charge on any atom is 0.434 e. The summed E-state index contributed by atoms with van der Waals surface area (Å²) in [4.78, 5) is 15.4. The minimum absolute atomic E-state index is 0.264. The van der Waals surface area contributed by atoms with Gasteiger partial charge in [-0.15, -0.1) is 0 Å². The highest BCUT2D eigenvalue weighted by Crippen LogP contribution is 2.34. The molecule has 11 heteroatoms. The van der Waals surface area contributed by atoms with Crippen LogP contribution in [0, 0.1) is 5.92 Å². The molecule has 0 radical (unpaired) electrons. The second kappa shape index (κ2) is 6.29. The van der Waals surface area contributed by atoms with Gasteiger partial charge in [0, 0.05) is 12.7 Å². The zero-order chi connectivity index (χ0) is 19.1. The smallest absolute Gasteiger partial charge is 0.352 e. The van der Waals surface area contributed by atoms with Gasteiger partial charge in [0.05, 0.1) is 17.3 Å². The molecular weight excluding hydrogens is 366 g/mol. The molecule has 1 aliphatic carbocycles. The Labute approximate surface area is 143 Å². The van der Waals surface area contributed by atoms with Crippen molar-refractivity contribution < 1.29 is 31.1 Å². The number of pyridine rings is 1. The zero-order valence-corrected chi connectivity index (χ0v) is 13.0. The molecule has 2 heterocycles. The molecule has 140 valence electrons. The molecule has 0 aliphatic heterocycles. The number of nitrogens with one attached hydrogen (secondary N) is 1. The molecule has 2 aromatic heterocycles. The average Bonchev–Trinajstić information content (AvgIpc) is 3.26. The molecule has 0 unspecified atom stereocenters. The van der Waals surface area contributed by atoms with Gasteiger partial charge in [0.25, 0.3) is 5.91 Å². The lowest BCUT2D eigenvalue weighted by atomic mass is 10.2. The van der Waals surface area contributed by atoms with Crippen LogP contribution in [0.15, 0.2) is 24.5 Å². The molecule has 1 amide bonds. The number of halogens is 6.